The van der Waals surface area contributed by atoms with Gasteiger partial charge in [0.1, 0.15) is 22.7 Å². The Labute approximate surface area is 186 Å². The van der Waals surface area contributed by atoms with Crippen molar-refractivity contribution in [2.24, 2.45) is 0 Å². The highest BCUT2D eigenvalue weighted by Gasteiger charge is 2.34. The van der Waals surface area contributed by atoms with Crippen molar-refractivity contribution in [3.8, 4) is 5.75 Å². The van der Waals surface area contributed by atoms with Crippen LogP contribution in [0.15, 0.2) is 53.2 Å². The normalized spacial score (nSPS) is 15.4. The Kier molecular flexibility index (Phi) is 5.31. The third-order valence-electron chi connectivity index (χ3n) is 6.29. The van der Waals surface area contributed by atoms with E-state index in [1.165, 1.54) is 0 Å². The van der Waals surface area contributed by atoms with Crippen molar-refractivity contribution in [2.45, 2.75) is 32.7 Å². The molecule has 5 rings (SSSR count). The van der Waals surface area contributed by atoms with E-state index < -0.39 is 5.97 Å². The predicted octanol–water partition coefficient (Wildman–Crippen LogP) is 5.36. The monoisotopic (exact) mass is 430 g/mol. The van der Waals surface area contributed by atoms with Gasteiger partial charge in [0, 0.05) is 34.1 Å². The SMILES string of the molecule is CCOC(=O)c1c(C)oc2c1c([C@H](c1cccnc1)N1CCCC1)c(O)c1ccccc12. The minimum atomic E-state index is -0.439. The average molecular weight is 431 g/mol. The lowest BCUT2D eigenvalue weighted by Gasteiger charge is -2.30. The van der Waals surface area contributed by atoms with Crippen LogP contribution in [0.2, 0.25) is 0 Å². The van der Waals surface area contributed by atoms with E-state index in [2.05, 4.69) is 9.88 Å². The number of hydrogen-bond donors (Lipinski definition) is 1. The molecule has 32 heavy (non-hydrogen) atoms. The van der Waals surface area contributed by atoms with Crippen LogP contribution < -0.4 is 0 Å². The molecule has 0 radical (unpaired) electrons. The van der Waals surface area contributed by atoms with Crippen molar-refractivity contribution in [3.63, 3.8) is 0 Å². The van der Waals surface area contributed by atoms with Gasteiger partial charge in [-0.05, 0) is 51.4 Å². The smallest absolute Gasteiger partial charge is 0.342 e. The number of hydrogen-bond acceptors (Lipinski definition) is 6. The second-order valence-electron chi connectivity index (χ2n) is 8.20. The Morgan fingerprint density at radius 2 is 1.94 bits per heavy atom. The summed E-state index contributed by atoms with van der Waals surface area (Å²) in [6.07, 6.45) is 5.75. The fourth-order valence-corrected chi connectivity index (χ4v) is 4.96. The summed E-state index contributed by atoms with van der Waals surface area (Å²) in [6, 6.07) is 11.3. The zero-order valence-corrected chi connectivity index (χ0v) is 18.3. The maximum atomic E-state index is 13.0. The molecule has 1 N–H and O–H groups in total. The number of fused-ring (bicyclic) bond motifs is 3. The molecule has 1 atom stereocenters. The summed E-state index contributed by atoms with van der Waals surface area (Å²) in [6.45, 7) is 5.62. The van der Waals surface area contributed by atoms with Crippen LogP contribution in [0.25, 0.3) is 21.7 Å². The predicted molar refractivity (Wildman–Crippen MR) is 123 cm³/mol. The Hall–Kier alpha value is -3.38. The number of aromatic nitrogens is 1. The Balaban J connectivity index is 1.91. The van der Waals surface area contributed by atoms with Gasteiger partial charge in [0.25, 0.3) is 0 Å². The summed E-state index contributed by atoms with van der Waals surface area (Å²) in [7, 11) is 0. The number of rotatable bonds is 5. The van der Waals surface area contributed by atoms with Gasteiger partial charge in [-0.2, -0.15) is 0 Å². The summed E-state index contributed by atoms with van der Waals surface area (Å²) < 4.78 is 11.6. The van der Waals surface area contributed by atoms with Gasteiger partial charge in [-0.1, -0.05) is 30.3 Å². The number of aryl methyl sites for hydroxylation is 1. The van der Waals surface area contributed by atoms with Crippen molar-refractivity contribution < 1.29 is 19.1 Å². The Morgan fingerprint density at radius 3 is 2.62 bits per heavy atom. The molecule has 2 aromatic heterocycles. The number of aromatic hydroxyl groups is 1. The van der Waals surface area contributed by atoms with Gasteiger partial charge in [0.15, 0.2) is 0 Å². The second-order valence-corrected chi connectivity index (χ2v) is 8.20. The number of phenols is 1. The van der Waals surface area contributed by atoms with Crippen molar-refractivity contribution in [3.05, 3.63) is 71.2 Å². The fraction of sp³-hybridized carbons (Fsp3) is 0.308. The van der Waals surface area contributed by atoms with Crippen LogP contribution in [-0.4, -0.2) is 40.7 Å². The molecule has 164 valence electrons. The quantitative estimate of drug-likeness (QED) is 0.430. The fourth-order valence-electron chi connectivity index (χ4n) is 4.96. The maximum absolute atomic E-state index is 13.0. The number of phenolic OH excluding ortho intramolecular Hbond substituents is 1. The first-order valence-electron chi connectivity index (χ1n) is 11.1. The van der Waals surface area contributed by atoms with Crippen molar-refractivity contribution >= 4 is 27.7 Å². The summed E-state index contributed by atoms with van der Waals surface area (Å²) in [5, 5.41) is 13.7. The highest BCUT2D eigenvalue weighted by atomic mass is 16.5. The van der Waals surface area contributed by atoms with E-state index in [0.717, 1.165) is 36.9 Å². The number of likely N-dealkylation sites (tertiary alicyclic amines) is 1. The average Bonchev–Trinajstić information content (AvgIpc) is 3.45. The summed E-state index contributed by atoms with van der Waals surface area (Å²) in [4.78, 5) is 19.7. The van der Waals surface area contributed by atoms with Crippen molar-refractivity contribution in [1.29, 1.82) is 0 Å². The molecular weight excluding hydrogens is 404 g/mol. The molecule has 0 aliphatic carbocycles. The first-order valence-corrected chi connectivity index (χ1v) is 11.1. The Morgan fingerprint density at radius 1 is 1.19 bits per heavy atom. The minimum Gasteiger partial charge on any atom is -0.507 e. The van der Waals surface area contributed by atoms with Gasteiger partial charge < -0.3 is 14.3 Å². The van der Waals surface area contributed by atoms with E-state index in [9.17, 15) is 9.90 Å². The van der Waals surface area contributed by atoms with E-state index in [1.807, 2.05) is 42.6 Å². The molecule has 4 aromatic rings. The van der Waals surface area contributed by atoms with E-state index in [4.69, 9.17) is 9.15 Å². The van der Waals surface area contributed by atoms with Gasteiger partial charge in [-0.3, -0.25) is 9.88 Å². The van der Waals surface area contributed by atoms with Crippen molar-refractivity contribution in [1.82, 2.24) is 9.88 Å². The number of furan rings is 1. The molecule has 1 aliphatic heterocycles. The zero-order valence-electron chi connectivity index (χ0n) is 18.3. The van der Waals surface area contributed by atoms with E-state index in [0.29, 0.717) is 33.2 Å². The molecule has 0 unspecified atom stereocenters. The molecule has 1 fully saturated rings. The standard InChI is InChI=1S/C26H26N2O4/c1-3-31-26(30)20-16(2)32-25-19-11-5-4-10-18(19)24(29)22(21(20)25)23(28-13-6-7-14-28)17-9-8-12-27-15-17/h4-5,8-12,15,23,29H,3,6-7,13-14H2,1-2H3/t23-/m0/s1. The molecular formula is C26H26N2O4. The number of esters is 1. The van der Waals surface area contributed by atoms with E-state index in [1.54, 1.807) is 20.0 Å². The largest absolute Gasteiger partial charge is 0.507 e. The van der Waals surface area contributed by atoms with Crippen molar-refractivity contribution in [2.75, 3.05) is 19.7 Å². The van der Waals surface area contributed by atoms with Crippen LogP contribution in [0.1, 0.15) is 53.1 Å². The molecule has 1 aliphatic rings. The van der Waals surface area contributed by atoms with E-state index >= 15 is 0 Å². The van der Waals surface area contributed by atoms with Crippen LogP contribution in [0.3, 0.4) is 0 Å². The number of ether oxygens (including phenoxy) is 1. The zero-order chi connectivity index (χ0) is 22.2. The van der Waals surface area contributed by atoms with Gasteiger partial charge >= 0.3 is 5.97 Å². The highest BCUT2D eigenvalue weighted by molar-refractivity contribution is 6.16. The number of benzene rings is 2. The lowest BCUT2D eigenvalue weighted by molar-refractivity contribution is 0.0526. The topological polar surface area (TPSA) is 75.8 Å². The van der Waals surface area contributed by atoms with Crippen LogP contribution >= 0.6 is 0 Å². The van der Waals surface area contributed by atoms with Crippen LogP contribution in [0.5, 0.6) is 5.75 Å². The van der Waals surface area contributed by atoms with Crippen LogP contribution in [0.4, 0.5) is 0 Å². The molecule has 6 nitrogen and oxygen atoms in total. The third kappa shape index (κ3) is 3.22. The van der Waals surface area contributed by atoms with Gasteiger partial charge in [0.05, 0.1) is 12.6 Å². The molecule has 0 amide bonds. The summed E-state index contributed by atoms with van der Waals surface area (Å²) >= 11 is 0. The molecule has 3 heterocycles. The summed E-state index contributed by atoms with van der Waals surface area (Å²) in [5.41, 5.74) is 2.62. The molecule has 1 saturated heterocycles. The molecule has 2 aromatic carbocycles. The maximum Gasteiger partial charge on any atom is 0.342 e. The van der Waals surface area contributed by atoms with Crippen LogP contribution in [-0.2, 0) is 4.74 Å². The number of carbonyl (C=O) groups is 1. The highest BCUT2D eigenvalue weighted by Crippen LogP contribution is 2.47. The van der Waals surface area contributed by atoms with E-state index in [-0.39, 0.29) is 18.4 Å². The first kappa shape index (κ1) is 20.5. The number of carbonyl (C=O) groups excluding carboxylic acids is 1. The molecule has 0 saturated carbocycles. The van der Waals surface area contributed by atoms with Crippen LogP contribution in [0, 0.1) is 6.92 Å². The lowest BCUT2D eigenvalue weighted by Crippen LogP contribution is -2.27. The van der Waals surface area contributed by atoms with Gasteiger partial charge in [-0.15, -0.1) is 0 Å². The number of nitrogens with zero attached hydrogens (tertiary/aromatic N) is 2. The number of pyridine rings is 1. The van der Waals surface area contributed by atoms with Gasteiger partial charge in [0.2, 0.25) is 0 Å². The lowest BCUT2D eigenvalue weighted by atomic mass is 9.89. The third-order valence-corrected chi connectivity index (χ3v) is 6.29. The Bertz CT molecular complexity index is 1290. The minimum absolute atomic E-state index is 0.167. The van der Waals surface area contributed by atoms with Gasteiger partial charge in [-0.25, -0.2) is 4.79 Å². The summed E-state index contributed by atoms with van der Waals surface area (Å²) in [5.74, 6) is 0.216. The second kappa shape index (κ2) is 8.28. The molecule has 0 bridgehead atoms. The molecule has 0 spiro atoms. The first-order chi connectivity index (χ1) is 15.6. The molecule has 6 heteroatoms.